The van der Waals surface area contributed by atoms with Gasteiger partial charge in [0.15, 0.2) is 6.10 Å². The lowest BCUT2D eigenvalue weighted by molar-refractivity contribution is -0.870. The molecule has 0 fully saturated rings. The number of esters is 2. The topological polar surface area (TPSA) is 108 Å². The van der Waals surface area contributed by atoms with Gasteiger partial charge >= 0.3 is 17.9 Å². The molecule has 0 aromatic heterocycles. The molecule has 0 spiro atoms. The zero-order valence-electron chi connectivity index (χ0n) is 53.1. The van der Waals surface area contributed by atoms with Gasteiger partial charge in [0, 0.05) is 12.8 Å². The standard InChI is InChI=1S/C70H131NO8/c1-6-8-10-12-14-16-18-20-21-22-23-24-25-26-27-28-29-30-31-32-33-34-35-36-37-38-39-40-41-42-43-44-45-46-47-49-50-52-54-56-58-60-67(72)77-64-66(65-78-70(69(74)75)76-63-62-71(3,4)5)79-68(73)61-59-57-55-53-51-48-19-17-15-13-11-9-7-2/h11,13,17,19,22-23,66,70H,6-10,12,14-16,18,20-21,24-65H2,1-5H3/p+1/b13-11-,19-17-,23-22-. The minimum absolute atomic E-state index is 0.184. The molecule has 0 radical (unpaired) electrons. The molecule has 464 valence electrons. The third-order valence-electron chi connectivity index (χ3n) is 15.4. The van der Waals surface area contributed by atoms with Crippen LogP contribution in [0.3, 0.4) is 0 Å². The summed E-state index contributed by atoms with van der Waals surface area (Å²) in [6.45, 7) is 4.83. The van der Waals surface area contributed by atoms with Crippen molar-refractivity contribution < 1.29 is 42.9 Å². The van der Waals surface area contributed by atoms with E-state index in [1.165, 1.54) is 238 Å². The number of hydrogen-bond acceptors (Lipinski definition) is 7. The van der Waals surface area contributed by atoms with Crippen molar-refractivity contribution in [3.63, 3.8) is 0 Å². The van der Waals surface area contributed by atoms with Crippen molar-refractivity contribution in [1.82, 2.24) is 0 Å². The van der Waals surface area contributed by atoms with Gasteiger partial charge in [-0.3, -0.25) is 9.59 Å². The third kappa shape index (κ3) is 63.0. The Morgan fingerprint density at radius 2 is 0.709 bits per heavy atom. The van der Waals surface area contributed by atoms with Crippen molar-refractivity contribution in [3.8, 4) is 0 Å². The zero-order valence-corrected chi connectivity index (χ0v) is 53.1. The van der Waals surface area contributed by atoms with Crippen molar-refractivity contribution in [3.05, 3.63) is 36.5 Å². The molecular weight excluding hydrogens is 983 g/mol. The first kappa shape index (κ1) is 76.5. The molecule has 0 heterocycles. The normalized spacial score (nSPS) is 12.9. The molecule has 0 saturated heterocycles. The molecule has 0 aliphatic carbocycles. The van der Waals surface area contributed by atoms with Crippen LogP contribution in [0.5, 0.6) is 0 Å². The van der Waals surface area contributed by atoms with Crippen LogP contribution < -0.4 is 0 Å². The summed E-state index contributed by atoms with van der Waals surface area (Å²) in [7, 11) is 5.97. The third-order valence-corrected chi connectivity index (χ3v) is 15.4. The smallest absolute Gasteiger partial charge is 0.361 e. The van der Waals surface area contributed by atoms with Crippen LogP contribution in [0.2, 0.25) is 0 Å². The first-order valence-corrected chi connectivity index (χ1v) is 34.2. The molecule has 0 aliphatic heterocycles. The second-order valence-electron chi connectivity index (χ2n) is 24.5. The van der Waals surface area contributed by atoms with Crippen LogP contribution in [0.4, 0.5) is 0 Å². The molecule has 79 heavy (non-hydrogen) atoms. The summed E-state index contributed by atoms with van der Waals surface area (Å²) >= 11 is 0. The molecule has 1 N–H and O–H groups in total. The molecule has 2 unspecified atom stereocenters. The quantitative estimate of drug-likeness (QED) is 0.0211. The molecule has 0 aromatic rings. The van der Waals surface area contributed by atoms with Gasteiger partial charge in [0.25, 0.3) is 6.29 Å². The maximum atomic E-state index is 12.8. The Labute approximate surface area is 490 Å². The van der Waals surface area contributed by atoms with Gasteiger partial charge in [0.05, 0.1) is 34.4 Å². The SMILES string of the molecule is CCC/C=C\C/C=C\CCCCCCCC(=O)OC(COC(=O)CCCCCCCCCCCCCCCCCCCCCCCCCCCCCCC/C=C\CCCCCCCCCC)COC(OCC[N+](C)(C)C)C(=O)O. The summed E-state index contributed by atoms with van der Waals surface area (Å²) in [5.41, 5.74) is 0. The molecule has 9 nitrogen and oxygen atoms in total. The maximum absolute atomic E-state index is 12.8. The summed E-state index contributed by atoms with van der Waals surface area (Å²) in [5.74, 6) is -2.01. The first-order chi connectivity index (χ1) is 38.6. The van der Waals surface area contributed by atoms with Crippen molar-refractivity contribution in [2.24, 2.45) is 0 Å². The lowest BCUT2D eigenvalue weighted by Gasteiger charge is -2.25. The summed E-state index contributed by atoms with van der Waals surface area (Å²) in [6.07, 6.45) is 74.4. The average Bonchev–Trinajstić information content (AvgIpc) is 3.42. The van der Waals surface area contributed by atoms with Gasteiger partial charge in [-0.05, 0) is 64.2 Å². The van der Waals surface area contributed by atoms with E-state index in [0.717, 1.165) is 64.2 Å². The number of hydrogen-bond donors (Lipinski definition) is 1. The van der Waals surface area contributed by atoms with Crippen molar-refractivity contribution in [2.75, 3.05) is 47.5 Å². The molecule has 2 atom stereocenters. The first-order valence-electron chi connectivity index (χ1n) is 34.2. The fourth-order valence-electron chi connectivity index (χ4n) is 10.1. The molecular formula is C70H132NO8+. The van der Waals surface area contributed by atoms with E-state index >= 15 is 0 Å². The van der Waals surface area contributed by atoms with E-state index in [0.29, 0.717) is 23.9 Å². The summed E-state index contributed by atoms with van der Waals surface area (Å²) in [4.78, 5) is 37.4. The summed E-state index contributed by atoms with van der Waals surface area (Å²) in [5, 5.41) is 9.69. The minimum atomic E-state index is -1.51. The Bertz CT molecular complexity index is 1390. The Morgan fingerprint density at radius 1 is 0.380 bits per heavy atom. The van der Waals surface area contributed by atoms with E-state index in [-0.39, 0.29) is 32.2 Å². The number of aliphatic carboxylic acids is 1. The van der Waals surface area contributed by atoms with E-state index in [1.807, 2.05) is 21.1 Å². The minimum Gasteiger partial charge on any atom is -0.477 e. The molecule has 0 aromatic carbocycles. The fourth-order valence-corrected chi connectivity index (χ4v) is 10.1. The van der Waals surface area contributed by atoms with E-state index < -0.39 is 24.3 Å². The Balaban J connectivity index is 3.84. The Kier molecular flexibility index (Phi) is 59.6. The van der Waals surface area contributed by atoms with Crippen LogP contribution in [-0.2, 0) is 33.3 Å². The van der Waals surface area contributed by atoms with Crippen molar-refractivity contribution in [2.45, 2.75) is 347 Å². The highest BCUT2D eigenvalue weighted by molar-refractivity contribution is 5.71. The lowest BCUT2D eigenvalue weighted by atomic mass is 10.0. The highest BCUT2D eigenvalue weighted by atomic mass is 16.7. The van der Waals surface area contributed by atoms with Crippen LogP contribution in [0.1, 0.15) is 335 Å². The largest absolute Gasteiger partial charge is 0.477 e. The molecule has 0 bridgehead atoms. The van der Waals surface area contributed by atoms with Crippen LogP contribution in [0.15, 0.2) is 36.5 Å². The van der Waals surface area contributed by atoms with Crippen LogP contribution in [0.25, 0.3) is 0 Å². The number of unbranched alkanes of at least 4 members (excludes halogenated alkanes) is 43. The van der Waals surface area contributed by atoms with Gasteiger partial charge in [0.1, 0.15) is 13.2 Å². The molecule has 0 amide bonds. The van der Waals surface area contributed by atoms with E-state index in [9.17, 15) is 19.5 Å². The zero-order chi connectivity index (χ0) is 57.6. The predicted molar refractivity (Wildman–Crippen MR) is 337 cm³/mol. The predicted octanol–water partition coefficient (Wildman–Crippen LogP) is 20.8. The second kappa shape index (κ2) is 61.6. The van der Waals surface area contributed by atoms with Crippen LogP contribution in [-0.4, -0.2) is 87.4 Å². The number of likely N-dealkylation sites (N-methyl/N-ethyl adjacent to an activating group) is 1. The second-order valence-corrected chi connectivity index (χ2v) is 24.5. The number of carboxylic acids is 1. The molecule has 0 saturated carbocycles. The average molecular weight is 1120 g/mol. The fraction of sp³-hybridized carbons (Fsp3) is 0.871. The van der Waals surface area contributed by atoms with E-state index in [2.05, 4.69) is 50.3 Å². The van der Waals surface area contributed by atoms with Crippen molar-refractivity contribution >= 4 is 17.9 Å². The number of quaternary nitrogens is 1. The van der Waals surface area contributed by atoms with Gasteiger partial charge in [-0.1, -0.05) is 294 Å². The summed E-state index contributed by atoms with van der Waals surface area (Å²) in [6, 6.07) is 0. The van der Waals surface area contributed by atoms with E-state index in [1.54, 1.807) is 0 Å². The summed E-state index contributed by atoms with van der Waals surface area (Å²) < 4.78 is 22.9. The molecule has 9 heteroatoms. The van der Waals surface area contributed by atoms with Gasteiger partial charge in [-0.25, -0.2) is 4.79 Å². The Morgan fingerprint density at radius 3 is 1.06 bits per heavy atom. The number of ether oxygens (including phenoxy) is 4. The van der Waals surface area contributed by atoms with Crippen LogP contribution >= 0.6 is 0 Å². The number of rotatable bonds is 64. The van der Waals surface area contributed by atoms with Gasteiger partial charge in [-0.2, -0.15) is 0 Å². The number of allylic oxidation sites excluding steroid dienone is 6. The highest BCUT2D eigenvalue weighted by Gasteiger charge is 2.25. The van der Waals surface area contributed by atoms with Crippen molar-refractivity contribution in [1.29, 1.82) is 0 Å². The molecule has 0 aliphatic rings. The van der Waals surface area contributed by atoms with Gasteiger partial charge < -0.3 is 28.5 Å². The number of carbonyl (C=O) groups excluding carboxylic acids is 2. The number of nitrogens with zero attached hydrogens (tertiary/aromatic N) is 1. The number of carbonyl (C=O) groups is 3. The van der Waals surface area contributed by atoms with Crippen LogP contribution in [0, 0.1) is 0 Å². The lowest BCUT2D eigenvalue weighted by Crippen LogP contribution is -2.40. The van der Waals surface area contributed by atoms with E-state index in [4.69, 9.17) is 18.9 Å². The number of carboxylic acid groups (broad SMARTS) is 1. The Hall–Kier alpha value is -2.49. The van der Waals surface area contributed by atoms with Gasteiger partial charge in [-0.15, -0.1) is 0 Å². The monoisotopic (exact) mass is 1110 g/mol. The van der Waals surface area contributed by atoms with Gasteiger partial charge in [0.2, 0.25) is 0 Å². The highest BCUT2D eigenvalue weighted by Crippen LogP contribution is 2.18. The maximum Gasteiger partial charge on any atom is 0.361 e. The molecule has 0 rings (SSSR count).